The van der Waals surface area contributed by atoms with E-state index in [1.165, 1.54) is 0 Å². The maximum absolute atomic E-state index is 11.7. The van der Waals surface area contributed by atoms with Gasteiger partial charge in [0, 0.05) is 5.70 Å². The van der Waals surface area contributed by atoms with Gasteiger partial charge in [-0.1, -0.05) is 49.6 Å². The molecular weight excluding hydrogens is 210 g/mol. The topological polar surface area (TPSA) is 20.3 Å². The minimum atomic E-state index is 0.131. The molecule has 86 valence electrons. The molecular formula is C15H15NO. The average molecular weight is 225 g/mol. The van der Waals surface area contributed by atoms with Crippen molar-refractivity contribution in [3.8, 4) is 0 Å². The largest absolute Gasteiger partial charge is 0.304 e. The number of hydrogen-bond acceptors (Lipinski definition) is 1. The molecule has 1 amide bonds. The van der Waals surface area contributed by atoms with Crippen molar-refractivity contribution >= 4 is 5.91 Å². The SMILES string of the molecule is C=C/C=C(\C=C)N1C(=O)C[C@H]1c1ccccc1. The molecule has 1 aliphatic rings. The maximum atomic E-state index is 11.7. The number of amides is 1. The van der Waals surface area contributed by atoms with Crippen molar-refractivity contribution in [3.05, 3.63) is 73.0 Å². The van der Waals surface area contributed by atoms with Gasteiger partial charge >= 0.3 is 0 Å². The monoisotopic (exact) mass is 225 g/mol. The number of allylic oxidation sites excluding steroid dienone is 3. The molecule has 0 aliphatic carbocycles. The van der Waals surface area contributed by atoms with Crippen molar-refractivity contribution in [1.29, 1.82) is 0 Å². The molecule has 1 fully saturated rings. The average Bonchev–Trinajstić information content (AvgIpc) is 2.36. The normalized spacial score (nSPS) is 19.8. The van der Waals surface area contributed by atoms with Crippen LogP contribution in [0.5, 0.6) is 0 Å². The highest BCUT2D eigenvalue weighted by molar-refractivity contribution is 5.86. The molecule has 2 nitrogen and oxygen atoms in total. The first kappa shape index (κ1) is 11.4. The Bertz CT molecular complexity index is 473. The molecule has 2 heteroatoms. The molecule has 17 heavy (non-hydrogen) atoms. The third-order valence-electron chi connectivity index (χ3n) is 2.91. The molecule has 1 aromatic carbocycles. The zero-order chi connectivity index (χ0) is 12.3. The van der Waals surface area contributed by atoms with Crippen molar-refractivity contribution < 1.29 is 4.79 Å². The lowest BCUT2D eigenvalue weighted by atomic mass is 9.93. The highest BCUT2D eigenvalue weighted by Gasteiger charge is 2.38. The molecule has 0 spiro atoms. The van der Waals surface area contributed by atoms with Gasteiger partial charge in [0.2, 0.25) is 5.91 Å². The summed E-state index contributed by atoms with van der Waals surface area (Å²) in [5.74, 6) is 0.131. The summed E-state index contributed by atoms with van der Waals surface area (Å²) < 4.78 is 0. The number of carbonyl (C=O) groups is 1. The van der Waals surface area contributed by atoms with Crippen LogP contribution in [-0.2, 0) is 4.79 Å². The minimum absolute atomic E-state index is 0.131. The van der Waals surface area contributed by atoms with Crippen LogP contribution in [0.2, 0.25) is 0 Å². The molecule has 2 rings (SSSR count). The molecule has 0 saturated carbocycles. The van der Waals surface area contributed by atoms with E-state index in [0.29, 0.717) is 6.42 Å². The van der Waals surface area contributed by atoms with Gasteiger partial charge in [-0.2, -0.15) is 0 Å². The number of rotatable bonds is 4. The van der Waals surface area contributed by atoms with E-state index in [-0.39, 0.29) is 11.9 Å². The van der Waals surface area contributed by atoms with Crippen LogP contribution in [0.3, 0.4) is 0 Å². The van der Waals surface area contributed by atoms with Crippen LogP contribution in [-0.4, -0.2) is 10.8 Å². The Morgan fingerprint density at radius 1 is 1.29 bits per heavy atom. The minimum Gasteiger partial charge on any atom is -0.304 e. The summed E-state index contributed by atoms with van der Waals surface area (Å²) >= 11 is 0. The number of carbonyl (C=O) groups excluding carboxylic acids is 1. The Balaban J connectivity index is 2.27. The Kier molecular flexibility index (Phi) is 3.24. The standard InChI is InChI=1S/C15H15NO/c1-3-8-13(4-2)16-14(11-15(16)17)12-9-6-5-7-10-12/h3-10,14H,1-2,11H2/b13-8+/t14-/m0/s1. The molecule has 1 aromatic rings. The van der Waals surface area contributed by atoms with Gasteiger partial charge in [0.25, 0.3) is 0 Å². The van der Waals surface area contributed by atoms with E-state index in [2.05, 4.69) is 13.2 Å². The van der Waals surface area contributed by atoms with Gasteiger partial charge < -0.3 is 4.90 Å². The van der Waals surface area contributed by atoms with E-state index >= 15 is 0 Å². The maximum Gasteiger partial charge on any atom is 0.230 e. The van der Waals surface area contributed by atoms with E-state index in [0.717, 1.165) is 11.3 Å². The first-order valence-corrected chi connectivity index (χ1v) is 5.60. The van der Waals surface area contributed by atoms with E-state index in [4.69, 9.17) is 0 Å². The second kappa shape index (κ2) is 4.83. The van der Waals surface area contributed by atoms with Gasteiger partial charge in [0.15, 0.2) is 0 Å². The van der Waals surface area contributed by atoms with Crippen molar-refractivity contribution in [2.75, 3.05) is 0 Å². The van der Waals surface area contributed by atoms with Crippen molar-refractivity contribution in [1.82, 2.24) is 4.90 Å². The van der Waals surface area contributed by atoms with Crippen LogP contribution < -0.4 is 0 Å². The smallest absolute Gasteiger partial charge is 0.230 e. The van der Waals surface area contributed by atoms with E-state index in [1.54, 1.807) is 23.1 Å². The molecule has 1 atom stereocenters. The molecule has 1 aliphatic heterocycles. The quantitative estimate of drug-likeness (QED) is 0.569. The summed E-state index contributed by atoms with van der Waals surface area (Å²) in [5, 5.41) is 0. The van der Waals surface area contributed by atoms with Crippen LogP contribution in [0.25, 0.3) is 0 Å². The van der Waals surface area contributed by atoms with E-state index < -0.39 is 0 Å². The number of benzene rings is 1. The highest BCUT2D eigenvalue weighted by Crippen LogP contribution is 2.37. The van der Waals surface area contributed by atoms with Gasteiger partial charge in [0.05, 0.1) is 12.5 Å². The van der Waals surface area contributed by atoms with E-state index in [1.807, 2.05) is 30.3 Å². The van der Waals surface area contributed by atoms with Gasteiger partial charge in [-0.3, -0.25) is 4.79 Å². The Hall–Kier alpha value is -2.09. The lowest BCUT2D eigenvalue weighted by molar-refractivity contribution is -0.142. The first-order chi connectivity index (χ1) is 8.27. The Labute approximate surface area is 102 Å². The summed E-state index contributed by atoms with van der Waals surface area (Å²) in [7, 11) is 0. The third kappa shape index (κ3) is 2.07. The summed E-state index contributed by atoms with van der Waals surface area (Å²) in [6, 6.07) is 10.2. The lowest BCUT2D eigenvalue weighted by Crippen LogP contribution is -2.45. The van der Waals surface area contributed by atoms with Gasteiger partial charge in [-0.15, -0.1) is 0 Å². The molecule has 0 aromatic heterocycles. The third-order valence-corrected chi connectivity index (χ3v) is 2.91. The second-order valence-corrected chi connectivity index (χ2v) is 3.93. The fourth-order valence-corrected chi connectivity index (χ4v) is 2.05. The molecule has 0 radical (unpaired) electrons. The zero-order valence-electron chi connectivity index (χ0n) is 9.67. The van der Waals surface area contributed by atoms with Crippen LogP contribution in [0.15, 0.2) is 67.4 Å². The summed E-state index contributed by atoms with van der Waals surface area (Å²) in [5.41, 5.74) is 1.97. The highest BCUT2D eigenvalue weighted by atomic mass is 16.2. The van der Waals surface area contributed by atoms with Crippen LogP contribution >= 0.6 is 0 Å². The molecule has 0 unspecified atom stereocenters. The van der Waals surface area contributed by atoms with Crippen molar-refractivity contribution in [2.45, 2.75) is 12.5 Å². The Morgan fingerprint density at radius 2 is 2.00 bits per heavy atom. The fourth-order valence-electron chi connectivity index (χ4n) is 2.05. The number of β-lactam (4-membered cyclic amide) rings is 1. The fraction of sp³-hybridized carbons (Fsp3) is 0.133. The van der Waals surface area contributed by atoms with E-state index in [9.17, 15) is 4.79 Å². The second-order valence-electron chi connectivity index (χ2n) is 3.93. The number of nitrogens with zero attached hydrogens (tertiary/aromatic N) is 1. The summed E-state index contributed by atoms with van der Waals surface area (Å²) in [6.07, 6.45) is 5.73. The first-order valence-electron chi connectivity index (χ1n) is 5.60. The molecule has 1 saturated heterocycles. The summed E-state index contributed by atoms with van der Waals surface area (Å²) in [4.78, 5) is 13.5. The predicted molar refractivity (Wildman–Crippen MR) is 69.1 cm³/mol. The van der Waals surface area contributed by atoms with Gasteiger partial charge in [-0.05, 0) is 17.7 Å². The number of hydrogen-bond donors (Lipinski definition) is 0. The number of likely N-dealkylation sites (tertiary alicyclic amines) is 1. The molecule has 1 heterocycles. The zero-order valence-corrected chi connectivity index (χ0v) is 9.67. The Morgan fingerprint density at radius 3 is 2.53 bits per heavy atom. The van der Waals surface area contributed by atoms with Gasteiger partial charge in [0.1, 0.15) is 0 Å². The molecule has 0 N–H and O–H groups in total. The predicted octanol–water partition coefficient (Wildman–Crippen LogP) is 3.22. The van der Waals surface area contributed by atoms with Crippen molar-refractivity contribution in [2.24, 2.45) is 0 Å². The van der Waals surface area contributed by atoms with Gasteiger partial charge in [-0.25, -0.2) is 0 Å². The van der Waals surface area contributed by atoms with Crippen LogP contribution in [0.1, 0.15) is 18.0 Å². The van der Waals surface area contributed by atoms with Crippen LogP contribution in [0, 0.1) is 0 Å². The summed E-state index contributed by atoms with van der Waals surface area (Å²) in [6.45, 7) is 7.39. The van der Waals surface area contributed by atoms with Crippen molar-refractivity contribution in [3.63, 3.8) is 0 Å². The molecule has 0 bridgehead atoms. The lowest BCUT2D eigenvalue weighted by Gasteiger charge is -2.41. The van der Waals surface area contributed by atoms with Crippen LogP contribution in [0.4, 0.5) is 0 Å².